The fourth-order valence-corrected chi connectivity index (χ4v) is 1.70. The van der Waals surface area contributed by atoms with Crippen LogP contribution < -0.4 is 5.32 Å². The Hall–Kier alpha value is -1.30. The van der Waals surface area contributed by atoms with E-state index in [-0.39, 0.29) is 18.1 Å². The van der Waals surface area contributed by atoms with Crippen LogP contribution in [0.15, 0.2) is 0 Å². The van der Waals surface area contributed by atoms with Crippen molar-refractivity contribution < 1.29 is 14.7 Å². The lowest BCUT2D eigenvalue weighted by molar-refractivity contribution is -0.138. The van der Waals surface area contributed by atoms with Gasteiger partial charge >= 0.3 is 12.0 Å². The molecule has 6 heteroatoms. The first-order valence-corrected chi connectivity index (χ1v) is 5.79. The molecule has 1 fully saturated rings. The van der Waals surface area contributed by atoms with E-state index in [9.17, 15) is 9.59 Å². The molecule has 0 unspecified atom stereocenters. The van der Waals surface area contributed by atoms with Crippen molar-refractivity contribution in [2.45, 2.75) is 26.3 Å². The predicted octanol–water partition coefficient (Wildman–Crippen LogP) is 0.197. The Morgan fingerprint density at radius 3 is 2.12 bits per heavy atom. The maximum Gasteiger partial charge on any atom is 0.317 e. The van der Waals surface area contributed by atoms with E-state index in [1.807, 2.05) is 25.7 Å². The number of nitrogens with zero attached hydrogens (tertiary/aromatic N) is 2. The van der Waals surface area contributed by atoms with Crippen molar-refractivity contribution in [3.05, 3.63) is 0 Å². The Labute approximate surface area is 102 Å². The quantitative estimate of drug-likeness (QED) is 0.726. The van der Waals surface area contributed by atoms with E-state index in [1.165, 1.54) is 0 Å². The van der Waals surface area contributed by atoms with E-state index in [0.29, 0.717) is 26.2 Å². The number of nitrogens with one attached hydrogen (secondary N) is 1. The van der Waals surface area contributed by atoms with Crippen LogP contribution in [0.25, 0.3) is 0 Å². The summed E-state index contributed by atoms with van der Waals surface area (Å²) in [5.74, 6) is -0.822. The molecule has 0 atom stereocenters. The zero-order valence-corrected chi connectivity index (χ0v) is 10.7. The molecule has 0 radical (unpaired) electrons. The Bertz CT molecular complexity index is 291. The molecule has 98 valence electrons. The van der Waals surface area contributed by atoms with Gasteiger partial charge in [0.2, 0.25) is 0 Å². The minimum Gasteiger partial charge on any atom is -0.480 e. The van der Waals surface area contributed by atoms with Crippen LogP contribution in [-0.4, -0.2) is 65.2 Å². The van der Waals surface area contributed by atoms with Crippen LogP contribution in [0.1, 0.15) is 20.8 Å². The van der Waals surface area contributed by atoms with Gasteiger partial charge in [0.1, 0.15) is 0 Å². The fourth-order valence-electron chi connectivity index (χ4n) is 1.70. The summed E-state index contributed by atoms with van der Waals surface area (Å²) >= 11 is 0. The van der Waals surface area contributed by atoms with Crippen LogP contribution in [0.5, 0.6) is 0 Å². The highest BCUT2D eigenvalue weighted by Gasteiger charge is 2.24. The average molecular weight is 243 g/mol. The van der Waals surface area contributed by atoms with E-state index >= 15 is 0 Å². The highest BCUT2D eigenvalue weighted by molar-refractivity contribution is 5.75. The second-order valence-electron chi connectivity index (χ2n) is 5.34. The minimum absolute atomic E-state index is 0.0503. The number of carbonyl (C=O) groups is 2. The first-order valence-electron chi connectivity index (χ1n) is 5.79. The molecule has 1 saturated heterocycles. The van der Waals surface area contributed by atoms with Crippen LogP contribution in [0.4, 0.5) is 4.79 Å². The smallest absolute Gasteiger partial charge is 0.317 e. The zero-order chi connectivity index (χ0) is 13.1. The molecule has 0 aromatic heterocycles. The number of aliphatic carboxylic acids is 1. The van der Waals surface area contributed by atoms with Crippen molar-refractivity contribution in [1.82, 2.24) is 15.1 Å². The summed E-state index contributed by atoms with van der Waals surface area (Å²) in [5.41, 5.74) is -0.241. The number of hydrogen-bond donors (Lipinski definition) is 2. The number of urea groups is 1. The number of rotatable bonds is 2. The monoisotopic (exact) mass is 243 g/mol. The third-order valence-corrected chi connectivity index (χ3v) is 2.50. The summed E-state index contributed by atoms with van der Waals surface area (Å²) in [6, 6.07) is -0.0764. The molecule has 1 aliphatic rings. The molecule has 0 bridgehead atoms. The SMILES string of the molecule is CC(C)(C)NC(=O)N1CCN(CC(=O)O)CC1. The Balaban J connectivity index is 2.36. The van der Waals surface area contributed by atoms with Crippen molar-refractivity contribution >= 4 is 12.0 Å². The first-order chi connectivity index (χ1) is 7.78. The van der Waals surface area contributed by atoms with Gasteiger partial charge < -0.3 is 15.3 Å². The van der Waals surface area contributed by atoms with Crippen LogP contribution >= 0.6 is 0 Å². The molecule has 1 rings (SSSR count). The summed E-state index contributed by atoms with van der Waals surface area (Å²) in [6.45, 7) is 8.25. The highest BCUT2D eigenvalue weighted by atomic mass is 16.4. The van der Waals surface area contributed by atoms with Gasteiger partial charge in [-0.3, -0.25) is 9.69 Å². The van der Waals surface area contributed by atoms with Crippen LogP contribution in [0.3, 0.4) is 0 Å². The third-order valence-electron chi connectivity index (χ3n) is 2.50. The lowest BCUT2D eigenvalue weighted by Gasteiger charge is -2.35. The van der Waals surface area contributed by atoms with Crippen molar-refractivity contribution in [3.63, 3.8) is 0 Å². The van der Waals surface area contributed by atoms with Crippen molar-refractivity contribution in [2.24, 2.45) is 0 Å². The molecule has 0 aromatic carbocycles. The van der Waals surface area contributed by atoms with E-state index in [0.717, 1.165) is 0 Å². The highest BCUT2D eigenvalue weighted by Crippen LogP contribution is 2.05. The van der Waals surface area contributed by atoms with E-state index in [4.69, 9.17) is 5.11 Å². The van der Waals surface area contributed by atoms with Gasteiger partial charge in [0, 0.05) is 31.7 Å². The van der Waals surface area contributed by atoms with Gasteiger partial charge in [-0.2, -0.15) is 0 Å². The van der Waals surface area contributed by atoms with Gasteiger partial charge in [0.15, 0.2) is 0 Å². The van der Waals surface area contributed by atoms with E-state index in [1.54, 1.807) is 4.90 Å². The van der Waals surface area contributed by atoms with Gasteiger partial charge in [-0.25, -0.2) is 4.79 Å². The molecule has 0 spiro atoms. The largest absolute Gasteiger partial charge is 0.480 e. The topological polar surface area (TPSA) is 72.9 Å². The molecule has 1 aliphatic heterocycles. The number of hydrogen-bond acceptors (Lipinski definition) is 3. The van der Waals surface area contributed by atoms with Crippen LogP contribution in [-0.2, 0) is 4.79 Å². The summed E-state index contributed by atoms with van der Waals surface area (Å²) < 4.78 is 0. The molecule has 1 heterocycles. The van der Waals surface area contributed by atoms with E-state index in [2.05, 4.69) is 5.32 Å². The Kier molecular flexibility index (Phi) is 4.34. The standard InChI is InChI=1S/C11H21N3O3/c1-11(2,3)12-10(17)14-6-4-13(5-7-14)8-9(15)16/h4-8H2,1-3H3,(H,12,17)(H,15,16). The Morgan fingerprint density at radius 2 is 1.71 bits per heavy atom. The Morgan fingerprint density at radius 1 is 1.18 bits per heavy atom. The van der Waals surface area contributed by atoms with Crippen LogP contribution in [0.2, 0.25) is 0 Å². The maximum absolute atomic E-state index is 11.8. The maximum atomic E-state index is 11.8. The van der Waals surface area contributed by atoms with Crippen molar-refractivity contribution in [1.29, 1.82) is 0 Å². The molecule has 2 amide bonds. The van der Waals surface area contributed by atoms with Crippen molar-refractivity contribution in [3.8, 4) is 0 Å². The minimum atomic E-state index is -0.822. The molecular formula is C11H21N3O3. The molecule has 2 N–H and O–H groups in total. The number of carboxylic acid groups (broad SMARTS) is 1. The summed E-state index contributed by atoms with van der Waals surface area (Å²) in [5, 5.41) is 11.6. The number of piperazine rings is 1. The summed E-state index contributed by atoms with van der Waals surface area (Å²) in [4.78, 5) is 25.9. The molecule has 0 aromatic rings. The second-order valence-corrected chi connectivity index (χ2v) is 5.34. The first kappa shape index (κ1) is 13.8. The molecule has 6 nitrogen and oxygen atoms in total. The van der Waals surface area contributed by atoms with Crippen molar-refractivity contribution in [2.75, 3.05) is 32.7 Å². The molecule has 0 saturated carbocycles. The van der Waals surface area contributed by atoms with Gasteiger partial charge in [-0.05, 0) is 20.8 Å². The van der Waals surface area contributed by atoms with Crippen LogP contribution in [0, 0.1) is 0 Å². The summed E-state index contributed by atoms with van der Waals surface area (Å²) in [7, 11) is 0. The number of carbonyl (C=O) groups excluding carboxylic acids is 1. The van der Waals surface area contributed by atoms with Gasteiger partial charge in [0.25, 0.3) is 0 Å². The molecule has 0 aliphatic carbocycles. The normalized spacial score (nSPS) is 17.9. The number of carboxylic acids is 1. The average Bonchev–Trinajstić information content (AvgIpc) is 2.15. The van der Waals surface area contributed by atoms with Gasteiger partial charge in [-0.15, -0.1) is 0 Å². The molecule has 17 heavy (non-hydrogen) atoms. The zero-order valence-electron chi connectivity index (χ0n) is 10.7. The fraction of sp³-hybridized carbons (Fsp3) is 0.818. The third kappa shape index (κ3) is 5.04. The second kappa shape index (κ2) is 5.35. The lowest BCUT2D eigenvalue weighted by Crippen LogP contribution is -2.55. The van der Waals surface area contributed by atoms with Gasteiger partial charge in [0.05, 0.1) is 6.54 Å². The summed E-state index contributed by atoms with van der Waals surface area (Å²) in [6.07, 6.45) is 0. The van der Waals surface area contributed by atoms with Gasteiger partial charge in [-0.1, -0.05) is 0 Å². The number of amides is 2. The van der Waals surface area contributed by atoms with E-state index < -0.39 is 5.97 Å². The molecular weight excluding hydrogens is 222 g/mol. The predicted molar refractivity (Wildman–Crippen MR) is 63.9 cm³/mol. The lowest BCUT2D eigenvalue weighted by atomic mass is 10.1.